The fraction of sp³-hybridized carbons (Fsp3) is 0.0476. The van der Waals surface area contributed by atoms with Crippen LogP contribution in [0.1, 0.15) is 32.0 Å². The molecule has 0 saturated carbocycles. The first kappa shape index (κ1) is 20.5. The number of carboxylic acids is 1. The molecule has 0 fully saturated rings. The molecule has 0 aliphatic rings. The standard InChI is InChI=1S/C21H17NO3.K/c23-20(17-9-2-1-3-10-17)19-13-7-15-22(19)14-6-11-16-8-4-5-12-18(16)21(24)25;/h1-13,15H,14H2,(H,24,25);/q;+1/p-1/b11-6+;. The van der Waals surface area contributed by atoms with Crippen molar-refractivity contribution in [1.82, 2.24) is 4.57 Å². The van der Waals surface area contributed by atoms with Gasteiger partial charge in [-0.25, -0.2) is 0 Å². The minimum absolute atomic E-state index is 0. The summed E-state index contributed by atoms with van der Waals surface area (Å²) in [5.41, 5.74) is 1.94. The van der Waals surface area contributed by atoms with E-state index in [0.29, 0.717) is 23.4 Å². The molecule has 0 saturated heterocycles. The second-order valence-corrected chi connectivity index (χ2v) is 5.52. The Bertz CT molecular complexity index is 929. The molecule has 0 atom stereocenters. The van der Waals surface area contributed by atoms with Crippen molar-refractivity contribution in [1.29, 1.82) is 0 Å². The van der Waals surface area contributed by atoms with E-state index < -0.39 is 5.97 Å². The van der Waals surface area contributed by atoms with E-state index in [4.69, 9.17) is 0 Å². The first-order valence-electron chi connectivity index (χ1n) is 7.88. The van der Waals surface area contributed by atoms with E-state index in [2.05, 4.69) is 0 Å². The number of carboxylic acid groups (broad SMARTS) is 1. The number of benzene rings is 2. The number of hydrogen-bond donors (Lipinski definition) is 0. The van der Waals surface area contributed by atoms with Gasteiger partial charge in [0.2, 0.25) is 5.78 Å². The van der Waals surface area contributed by atoms with Crippen LogP contribution in [-0.4, -0.2) is 16.3 Å². The summed E-state index contributed by atoms with van der Waals surface area (Å²) in [6.45, 7) is 0.461. The average Bonchev–Trinajstić information content (AvgIpc) is 3.10. The van der Waals surface area contributed by atoms with Crippen molar-refractivity contribution in [3.63, 3.8) is 0 Å². The van der Waals surface area contributed by atoms with Crippen LogP contribution in [0.25, 0.3) is 6.08 Å². The van der Waals surface area contributed by atoms with Crippen LogP contribution in [0.5, 0.6) is 0 Å². The number of carbonyl (C=O) groups is 2. The first-order valence-corrected chi connectivity index (χ1v) is 7.88. The maximum Gasteiger partial charge on any atom is 1.00 e. The zero-order valence-electron chi connectivity index (χ0n) is 14.5. The van der Waals surface area contributed by atoms with E-state index in [1.54, 1.807) is 42.5 Å². The fourth-order valence-electron chi connectivity index (χ4n) is 2.64. The second-order valence-electron chi connectivity index (χ2n) is 5.52. The Labute approximate surface area is 194 Å². The van der Waals surface area contributed by atoms with Crippen LogP contribution in [0.15, 0.2) is 79.0 Å². The summed E-state index contributed by atoms with van der Waals surface area (Å²) in [7, 11) is 0. The maximum atomic E-state index is 12.6. The zero-order valence-corrected chi connectivity index (χ0v) is 17.6. The van der Waals surface area contributed by atoms with Crippen molar-refractivity contribution in [3.05, 3.63) is 101 Å². The number of allylic oxidation sites excluding steroid dienone is 1. The Balaban J connectivity index is 0.00000243. The summed E-state index contributed by atoms with van der Waals surface area (Å²) in [5, 5.41) is 11.1. The van der Waals surface area contributed by atoms with Crippen molar-refractivity contribution in [2.45, 2.75) is 6.54 Å². The molecule has 26 heavy (non-hydrogen) atoms. The molecule has 2 aromatic carbocycles. The molecule has 124 valence electrons. The van der Waals surface area contributed by atoms with E-state index in [0.717, 1.165) is 0 Å². The molecule has 5 heteroatoms. The molecule has 0 bridgehead atoms. The molecule has 3 aromatic rings. The quantitative estimate of drug-likeness (QED) is 0.447. The number of carbonyl (C=O) groups excluding carboxylic acids is 2. The van der Waals surface area contributed by atoms with Gasteiger partial charge in [-0.3, -0.25) is 4.79 Å². The molecule has 0 radical (unpaired) electrons. The Morgan fingerprint density at radius 1 is 0.923 bits per heavy atom. The maximum absolute atomic E-state index is 12.6. The number of aromatic nitrogens is 1. The number of ketones is 1. The van der Waals surface area contributed by atoms with Crippen molar-refractivity contribution in [3.8, 4) is 0 Å². The Morgan fingerprint density at radius 2 is 1.62 bits per heavy atom. The van der Waals surface area contributed by atoms with Gasteiger partial charge in [0.05, 0.1) is 11.7 Å². The van der Waals surface area contributed by atoms with Crippen LogP contribution >= 0.6 is 0 Å². The molecule has 0 aliphatic carbocycles. The Kier molecular flexibility index (Phi) is 7.75. The van der Waals surface area contributed by atoms with E-state index >= 15 is 0 Å². The second kappa shape index (κ2) is 9.80. The third-order valence-electron chi connectivity index (χ3n) is 3.88. The summed E-state index contributed by atoms with van der Waals surface area (Å²) in [6, 6.07) is 19.3. The van der Waals surface area contributed by atoms with Crippen LogP contribution in [0.2, 0.25) is 0 Å². The van der Waals surface area contributed by atoms with Gasteiger partial charge in [-0.15, -0.1) is 0 Å². The summed E-state index contributed by atoms with van der Waals surface area (Å²) in [4.78, 5) is 23.7. The molecule has 0 amide bonds. The van der Waals surface area contributed by atoms with Crippen molar-refractivity contribution in [2.24, 2.45) is 0 Å². The zero-order chi connectivity index (χ0) is 17.6. The molecule has 0 unspecified atom stereocenters. The van der Waals surface area contributed by atoms with Gasteiger partial charge in [0.1, 0.15) is 0 Å². The molecular formula is C21H16KNO3. The summed E-state index contributed by atoms with van der Waals surface area (Å²) < 4.78 is 1.83. The smallest absolute Gasteiger partial charge is 0.545 e. The molecule has 3 rings (SSSR count). The molecule has 1 heterocycles. The van der Waals surface area contributed by atoms with E-state index in [9.17, 15) is 14.7 Å². The van der Waals surface area contributed by atoms with Gasteiger partial charge in [0.15, 0.2) is 0 Å². The van der Waals surface area contributed by atoms with Gasteiger partial charge in [0, 0.05) is 23.9 Å². The normalized spacial score (nSPS) is 10.5. The fourth-order valence-corrected chi connectivity index (χ4v) is 2.64. The SMILES string of the molecule is O=C([O-])c1ccccc1/C=C/Cn1cccc1C(=O)c1ccccc1.[K+]. The number of hydrogen-bond acceptors (Lipinski definition) is 3. The van der Waals surface area contributed by atoms with Gasteiger partial charge in [-0.2, -0.15) is 0 Å². The molecule has 4 nitrogen and oxygen atoms in total. The van der Waals surface area contributed by atoms with Crippen molar-refractivity contribution < 1.29 is 66.1 Å². The first-order chi connectivity index (χ1) is 12.2. The van der Waals surface area contributed by atoms with Gasteiger partial charge in [0.25, 0.3) is 0 Å². The Morgan fingerprint density at radius 3 is 2.35 bits per heavy atom. The van der Waals surface area contributed by atoms with E-state index in [-0.39, 0.29) is 62.7 Å². The predicted molar refractivity (Wildman–Crippen MR) is 94.1 cm³/mol. The van der Waals surface area contributed by atoms with Crippen LogP contribution < -0.4 is 56.5 Å². The average molecular weight is 369 g/mol. The van der Waals surface area contributed by atoms with Crippen molar-refractivity contribution >= 4 is 17.8 Å². The molecule has 1 aromatic heterocycles. The predicted octanol–water partition coefficient (Wildman–Crippen LogP) is -0.200. The summed E-state index contributed by atoms with van der Waals surface area (Å²) in [5.74, 6) is -1.25. The van der Waals surface area contributed by atoms with Crippen LogP contribution in [0, 0.1) is 0 Å². The van der Waals surface area contributed by atoms with Gasteiger partial charge < -0.3 is 14.5 Å². The molecular weight excluding hydrogens is 353 g/mol. The topological polar surface area (TPSA) is 62.1 Å². The van der Waals surface area contributed by atoms with Gasteiger partial charge in [-0.05, 0) is 17.7 Å². The van der Waals surface area contributed by atoms with E-state index in [1.165, 1.54) is 6.07 Å². The van der Waals surface area contributed by atoms with Crippen LogP contribution in [0.3, 0.4) is 0 Å². The molecule has 0 aliphatic heterocycles. The number of nitrogens with zero attached hydrogens (tertiary/aromatic N) is 1. The van der Waals surface area contributed by atoms with Gasteiger partial charge >= 0.3 is 51.4 Å². The largest absolute Gasteiger partial charge is 1.00 e. The minimum atomic E-state index is -1.21. The number of rotatable bonds is 6. The Hall–Kier alpha value is -1.76. The third-order valence-corrected chi connectivity index (χ3v) is 3.88. The monoisotopic (exact) mass is 369 g/mol. The number of aromatic carboxylic acids is 1. The van der Waals surface area contributed by atoms with Crippen LogP contribution in [-0.2, 0) is 6.54 Å². The molecule has 0 spiro atoms. The van der Waals surface area contributed by atoms with Crippen LogP contribution in [0.4, 0.5) is 0 Å². The third kappa shape index (κ3) is 4.90. The summed E-state index contributed by atoms with van der Waals surface area (Å²) in [6.07, 6.45) is 5.37. The summed E-state index contributed by atoms with van der Waals surface area (Å²) >= 11 is 0. The van der Waals surface area contributed by atoms with Crippen molar-refractivity contribution in [2.75, 3.05) is 0 Å². The molecule has 0 N–H and O–H groups in total. The minimum Gasteiger partial charge on any atom is -0.545 e. The van der Waals surface area contributed by atoms with Gasteiger partial charge in [-0.1, -0.05) is 66.7 Å². The van der Waals surface area contributed by atoms with E-state index in [1.807, 2.05) is 41.1 Å².